The predicted molar refractivity (Wildman–Crippen MR) is 123 cm³/mol. The maximum atomic E-state index is 14.5. The van der Waals surface area contributed by atoms with Crippen molar-refractivity contribution in [3.63, 3.8) is 0 Å². The fourth-order valence-electron chi connectivity index (χ4n) is 3.32. The average molecular weight is 477 g/mol. The Morgan fingerprint density at radius 3 is 2.58 bits per heavy atom. The van der Waals surface area contributed by atoms with Crippen LogP contribution in [0.4, 0.5) is 15.8 Å². The lowest BCUT2D eigenvalue weighted by molar-refractivity contribution is -0.115. The van der Waals surface area contributed by atoms with Crippen molar-refractivity contribution in [3.8, 4) is 0 Å². The summed E-state index contributed by atoms with van der Waals surface area (Å²) in [6.07, 6.45) is 0. The fourth-order valence-corrected chi connectivity index (χ4v) is 5.66. The van der Waals surface area contributed by atoms with Crippen LogP contribution in [0, 0.1) is 12.7 Å². The van der Waals surface area contributed by atoms with Gasteiger partial charge in [-0.05, 0) is 66.6 Å². The van der Waals surface area contributed by atoms with Gasteiger partial charge in [0.25, 0.3) is 10.0 Å². The van der Waals surface area contributed by atoms with Crippen molar-refractivity contribution in [2.75, 3.05) is 15.4 Å². The third-order valence-corrected chi connectivity index (χ3v) is 7.64. The van der Waals surface area contributed by atoms with Gasteiger partial charge in [-0.1, -0.05) is 29.8 Å². The van der Waals surface area contributed by atoms with E-state index in [9.17, 15) is 17.6 Å². The van der Waals surface area contributed by atoms with Crippen LogP contribution in [0.3, 0.4) is 0 Å². The molecule has 0 saturated carbocycles. The van der Waals surface area contributed by atoms with Crippen LogP contribution in [-0.4, -0.2) is 20.1 Å². The summed E-state index contributed by atoms with van der Waals surface area (Å²) >= 11 is 7.20. The minimum absolute atomic E-state index is 0.0798. The lowest BCUT2D eigenvalue weighted by Crippen LogP contribution is -2.28. The van der Waals surface area contributed by atoms with E-state index >= 15 is 0 Å². The summed E-state index contributed by atoms with van der Waals surface area (Å²) < 4.78 is 42.4. The number of benzene rings is 3. The van der Waals surface area contributed by atoms with Crippen LogP contribution < -0.4 is 9.62 Å². The maximum Gasteiger partial charge on any atom is 0.261 e. The molecule has 1 heterocycles. The first-order valence-corrected chi connectivity index (χ1v) is 12.2. The molecule has 0 radical (unpaired) electrons. The first-order valence-electron chi connectivity index (χ1n) is 9.33. The first kappa shape index (κ1) is 21.7. The SMILES string of the molecule is Cc1ccc(F)c(N2C(=O)CSC2c2cccc(NS(=O)(=O)c3ccc(Cl)cc3)c2)c1. The number of hydrogen-bond acceptors (Lipinski definition) is 4. The molecule has 4 rings (SSSR count). The Kier molecular flexibility index (Phi) is 5.96. The molecule has 1 aliphatic rings. The standard InChI is InChI=1S/C22H18ClFN2O3S2/c1-14-5-10-19(24)20(11-14)26-21(27)13-30-22(26)15-3-2-4-17(12-15)25-31(28,29)18-8-6-16(23)7-9-18/h2-12,22,25H,13H2,1H3. The third-order valence-electron chi connectivity index (χ3n) is 4.78. The second-order valence-corrected chi connectivity index (χ2v) is 10.3. The second-order valence-electron chi connectivity index (χ2n) is 7.07. The van der Waals surface area contributed by atoms with Crippen LogP contribution in [0.2, 0.25) is 5.02 Å². The van der Waals surface area contributed by atoms with Crippen molar-refractivity contribution in [2.45, 2.75) is 17.2 Å². The van der Waals surface area contributed by atoms with Crippen LogP contribution in [0.15, 0.2) is 71.6 Å². The molecule has 3 aromatic rings. The highest BCUT2D eigenvalue weighted by atomic mass is 35.5. The van der Waals surface area contributed by atoms with Crippen molar-refractivity contribution >= 4 is 50.7 Å². The topological polar surface area (TPSA) is 66.5 Å². The Hall–Kier alpha value is -2.55. The van der Waals surface area contributed by atoms with Crippen molar-refractivity contribution in [3.05, 3.63) is 88.7 Å². The normalized spacial score (nSPS) is 16.5. The number of carbonyl (C=O) groups is 1. The number of nitrogens with zero attached hydrogens (tertiary/aromatic N) is 1. The molecule has 1 saturated heterocycles. The van der Waals surface area contributed by atoms with E-state index in [1.165, 1.54) is 47.0 Å². The highest BCUT2D eigenvalue weighted by molar-refractivity contribution is 8.00. The van der Waals surface area contributed by atoms with E-state index in [1.54, 1.807) is 36.4 Å². The molecule has 31 heavy (non-hydrogen) atoms. The highest BCUT2D eigenvalue weighted by Gasteiger charge is 2.35. The van der Waals surface area contributed by atoms with Crippen molar-refractivity contribution in [1.29, 1.82) is 0 Å². The number of hydrogen-bond donors (Lipinski definition) is 1. The predicted octanol–water partition coefficient (Wildman–Crippen LogP) is 5.37. The van der Waals surface area contributed by atoms with E-state index in [4.69, 9.17) is 11.6 Å². The van der Waals surface area contributed by atoms with Crippen LogP contribution >= 0.6 is 23.4 Å². The Morgan fingerprint density at radius 1 is 1.10 bits per heavy atom. The van der Waals surface area contributed by atoms with Gasteiger partial charge in [0.05, 0.1) is 16.3 Å². The average Bonchev–Trinajstić information content (AvgIpc) is 3.11. The quantitative estimate of drug-likeness (QED) is 0.537. The number of anilines is 2. The van der Waals surface area contributed by atoms with Gasteiger partial charge in [0, 0.05) is 10.7 Å². The molecule has 1 fully saturated rings. The van der Waals surface area contributed by atoms with E-state index in [0.717, 1.165) is 5.56 Å². The van der Waals surface area contributed by atoms with Gasteiger partial charge in [0.15, 0.2) is 0 Å². The number of thioether (sulfide) groups is 1. The zero-order chi connectivity index (χ0) is 22.2. The minimum Gasteiger partial charge on any atom is -0.292 e. The molecule has 1 unspecified atom stereocenters. The van der Waals surface area contributed by atoms with Gasteiger partial charge >= 0.3 is 0 Å². The molecule has 5 nitrogen and oxygen atoms in total. The molecule has 3 aromatic carbocycles. The molecule has 0 spiro atoms. The van der Waals surface area contributed by atoms with E-state index in [2.05, 4.69) is 4.72 Å². The number of halogens is 2. The zero-order valence-electron chi connectivity index (χ0n) is 16.4. The zero-order valence-corrected chi connectivity index (χ0v) is 18.8. The van der Waals surface area contributed by atoms with E-state index in [1.807, 2.05) is 6.92 Å². The highest BCUT2D eigenvalue weighted by Crippen LogP contribution is 2.43. The molecule has 0 bridgehead atoms. The number of rotatable bonds is 5. The number of nitrogens with one attached hydrogen (secondary N) is 1. The Balaban J connectivity index is 1.65. The van der Waals surface area contributed by atoms with Gasteiger partial charge in [-0.25, -0.2) is 12.8 Å². The second kappa shape index (κ2) is 8.53. The summed E-state index contributed by atoms with van der Waals surface area (Å²) in [5, 5.41) is -0.0314. The lowest BCUT2D eigenvalue weighted by atomic mass is 10.1. The molecular weight excluding hydrogens is 459 g/mol. The van der Waals surface area contributed by atoms with Gasteiger partial charge < -0.3 is 0 Å². The smallest absolute Gasteiger partial charge is 0.261 e. The summed E-state index contributed by atoms with van der Waals surface area (Å²) in [6, 6.07) is 17.2. The van der Waals surface area contributed by atoms with Gasteiger partial charge in [0.1, 0.15) is 11.2 Å². The number of aryl methyl sites for hydroxylation is 1. The number of amides is 1. The van der Waals surface area contributed by atoms with Gasteiger partial charge in [0.2, 0.25) is 5.91 Å². The Bertz CT molecular complexity index is 1250. The van der Waals surface area contributed by atoms with Gasteiger partial charge in [-0.3, -0.25) is 14.4 Å². The molecule has 0 aliphatic carbocycles. The molecule has 9 heteroatoms. The maximum absolute atomic E-state index is 14.5. The van der Waals surface area contributed by atoms with Crippen LogP contribution in [0.1, 0.15) is 16.5 Å². The summed E-state index contributed by atoms with van der Waals surface area (Å²) in [7, 11) is -3.82. The third kappa shape index (κ3) is 4.56. The monoisotopic (exact) mass is 476 g/mol. The van der Waals surface area contributed by atoms with Crippen molar-refractivity contribution < 1.29 is 17.6 Å². The molecule has 1 aliphatic heterocycles. The molecule has 0 aromatic heterocycles. The Morgan fingerprint density at radius 2 is 1.84 bits per heavy atom. The largest absolute Gasteiger partial charge is 0.292 e. The van der Waals surface area contributed by atoms with Gasteiger partial charge in [-0.2, -0.15) is 0 Å². The van der Waals surface area contributed by atoms with E-state index in [0.29, 0.717) is 16.3 Å². The molecular formula is C22H18ClFN2O3S2. The minimum atomic E-state index is -3.82. The fraction of sp³-hybridized carbons (Fsp3) is 0.136. The van der Waals surface area contributed by atoms with Crippen LogP contribution in [0.5, 0.6) is 0 Å². The number of sulfonamides is 1. The Labute approximate surface area is 189 Å². The summed E-state index contributed by atoms with van der Waals surface area (Å²) in [5.41, 5.74) is 2.08. The van der Waals surface area contributed by atoms with E-state index < -0.39 is 21.2 Å². The summed E-state index contributed by atoms with van der Waals surface area (Å²) in [5.74, 6) is -0.476. The molecule has 1 atom stereocenters. The summed E-state index contributed by atoms with van der Waals surface area (Å²) in [4.78, 5) is 14.1. The molecule has 1 amide bonds. The molecule has 1 N–H and O–H groups in total. The first-order chi connectivity index (χ1) is 14.7. The van der Waals surface area contributed by atoms with Crippen molar-refractivity contribution in [2.24, 2.45) is 0 Å². The lowest BCUT2D eigenvalue weighted by Gasteiger charge is -2.25. The van der Waals surface area contributed by atoms with E-state index in [-0.39, 0.29) is 22.2 Å². The van der Waals surface area contributed by atoms with Crippen LogP contribution in [-0.2, 0) is 14.8 Å². The van der Waals surface area contributed by atoms with Gasteiger partial charge in [-0.15, -0.1) is 11.8 Å². The van der Waals surface area contributed by atoms with Crippen LogP contribution in [0.25, 0.3) is 0 Å². The summed E-state index contributed by atoms with van der Waals surface area (Å²) in [6.45, 7) is 1.83. The molecule has 160 valence electrons. The van der Waals surface area contributed by atoms with Crippen molar-refractivity contribution in [1.82, 2.24) is 0 Å². The number of carbonyl (C=O) groups excluding carboxylic acids is 1.